The van der Waals surface area contributed by atoms with E-state index >= 15 is 0 Å². The van der Waals surface area contributed by atoms with Gasteiger partial charge in [-0.25, -0.2) is 0 Å². The molecule has 0 aromatic heterocycles. The average molecular weight is 373 g/mol. The minimum atomic E-state index is 0.0881. The molecule has 0 spiro atoms. The lowest BCUT2D eigenvalue weighted by Crippen LogP contribution is -2.51. The Morgan fingerprint density at radius 2 is 1.56 bits per heavy atom. The molecule has 2 saturated heterocycles. The highest BCUT2D eigenvalue weighted by Gasteiger charge is 2.24. The first kappa shape index (κ1) is 19.8. The number of hydrogen-bond acceptors (Lipinski definition) is 4. The molecule has 2 amide bonds. The third kappa shape index (κ3) is 6.04. The topological polar surface area (TPSA) is 55.9 Å². The summed E-state index contributed by atoms with van der Waals surface area (Å²) >= 11 is 0. The maximum atomic E-state index is 12.2. The summed E-state index contributed by atoms with van der Waals surface area (Å²) in [5, 5.41) is 3.03. The number of aryl methyl sites for hydroxylation is 1. The van der Waals surface area contributed by atoms with E-state index in [2.05, 4.69) is 34.2 Å². The zero-order valence-corrected chi connectivity index (χ0v) is 16.5. The van der Waals surface area contributed by atoms with E-state index < -0.39 is 0 Å². The van der Waals surface area contributed by atoms with E-state index in [9.17, 15) is 9.59 Å². The van der Waals surface area contributed by atoms with E-state index in [1.165, 1.54) is 11.1 Å². The van der Waals surface area contributed by atoms with Crippen molar-refractivity contribution >= 4 is 11.8 Å². The van der Waals surface area contributed by atoms with Crippen molar-refractivity contribution in [2.75, 3.05) is 58.9 Å². The fourth-order valence-electron chi connectivity index (χ4n) is 3.85. The van der Waals surface area contributed by atoms with Crippen molar-refractivity contribution in [1.82, 2.24) is 20.0 Å². The molecule has 148 valence electrons. The van der Waals surface area contributed by atoms with Gasteiger partial charge in [-0.3, -0.25) is 19.4 Å². The first-order valence-electron chi connectivity index (χ1n) is 10.2. The van der Waals surface area contributed by atoms with E-state index in [0.29, 0.717) is 19.6 Å². The molecule has 0 aliphatic carbocycles. The first-order valence-corrected chi connectivity index (χ1v) is 10.2. The minimum absolute atomic E-state index is 0.0881. The molecule has 1 aromatic carbocycles. The highest BCUT2D eigenvalue weighted by molar-refractivity contribution is 5.79. The molecule has 3 rings (SSSR count). The van der Waals surface area contributed by atoms with E-state index in [0.717, 1.165) is 58.5 Å². The number of rotatable bonds is 7. The number of piperazine rings is 1. The third-order valence-corrected chi connectivity index (χ3v) is 5.63. The fraction of sp³-hybridized carbons (Fsp3) is 0.619. The monoisotopic (exact) mass is 372 g/mol. The Morgan fingerprint density at radius 3 is 2.22 bits per heavy atom. The molecule has 2 fully saturated rings. The molecule has 0 atom stereocenters. The van der Waals surface area contributed by atoms with Gasteiger partial charge in [0, 0.05) is 45.8 Å². The molecular weight excluding hydrogens is 340 g/mol. The van der Waals surface area contributed by atoms with Crippen LogP contribution in [0.2, 0.25) is 0 Å². The molecule has 1 aromatic rings. The summed E-state index contributed by atoms with van der Waals surface area (Å²) in [5.74, 6) is 0.347. The molecule has 0 radical (unpaired) electrons. The Hall–Kier alpha value is -1.92. The summed E-state index contributed by atoms with van der Waals surface area (Å²) in [6, 6.07) is 8.29. The van der Waals surface area contributed by atoms with Crippen molar-refractivity contribution in [2.45, 2.75) is 26.2 Å². The van der Waals surface area contributed by atoms with Gasteiger partial charge in [0.2, 0.25) is 11.8 Å². The van der Waals surface area contributed by atoms with Crippen LogP contribution < -0.4 is 5.32 Å². The Morgan fingerprint density at radius 1 is 0.926 bits per heavy atom. The second-order valence-corrected chi connectivity index (χ2v) is 7.67. The van der Waals surface area contributed by atoms with Gasteiger partial charge in [-0.05, 0) is 37.3 Å². The minimum Gasteiger partial charge on any atom is -0.355 e. The van der Waals surface area contributed by atoms with Gasteiger partial charge < -0.3 is 10.2 Å². The molecule has 6 heteroatoms. The Bertz CT molecular complexity index is 635. The zero-order valence-electron chi connectivity index (χ0n) is 16.5. The van der Waals surface area contributed by atoms with Gasteiger partial charge in [0.05, 0.1) is 13.1 Å². The largest absolute Gasteiger partial charge is 0.355 e. The Kier molecular flexibility index (Phi) is 7.24. The van der Waals surface area contributed by atoms with Crippen LogP contribution in [0.25, 0.3) is 0 Å². The van der Waals surface area contributed by atoms with Crippen LogP contribution in [-0.2, 0) is 16.0 Å². The van der Waals surface area contributed by atoms with Gasteiger partial charge in [0.25, 0.3) is 0 Å². The van der Waals surface area contributed by atoms with Crippen LogP contribution in [0.1, 0.15) is 24.0 Å². The van der Waals surface area contributed by atoms with E-state index in [-0.39, 0.29) is 11.8 Å². The molecular formula is C21H32N4O2. The summed E-state index contributed by atoms with van der Waals surface area (Å²) in [7, 11) is 0. The molecule has 0 saturated carbocycles. The first-order chi connectivity index (χ1) is 13.1. The van der Waals surface area contributed by atoms with Gasteiger partial charge in [-0.15, -0.1) is 0 Å². The van der Waals surface area contributed by atoms with Crippen LogP contribution in [0.15, 0.2) is 24.3 Å². The standard InChI is InChI=1S/C21H32N4O2/c1-18-6-2-3-7-19(18)8-9-22-20(26)16-23-12-14-24(15-13-23)17-21(27)25-10-4-5-11-25/h2-3,6-7H,4-5,8-17H2,1H3,(H,22,26). The maximum Gasteiger partial charge on any atom is 0.236 e. The fourth-order valence-corrected chi connectivity index (χ4v) is 3.85. The van der Waals surface area contributed by atoms with Gasteiger partial charge in [-0.2, -0.15) is 0 Å². The summed E-state index contributed by atoms with van der Waals surface area (Å²) in [5.41, 5.74) is 2.56. The van der Waals surface area contributed by atoms with Crippen LogP contribution in [0, 0.1) is 6.92 Å². The van der Waals surface area contributed by atoms with Crippen LogP contribution in [-0.4, -0.2) is 85.4 Å². The zero-order chi connectivity index (χ0) is 19.1. The number of carbonyl (C=O) groups is 2. The quantitative estimate of drug-likeness (QED) is 0.773. The second-order valence-electron chi connectivity index (χ2n) is 7.67. The molecule has 0 bridgehead atoms. The molecule has 27 heavy (non-hydrogen) atoms. The molecule has 2 aliphatic heterocycles. The van der Waals surface area contributed by atoms with Gasteiger partial charge in [0.15, 0.2) is 0 Å². The summed E-state index contributed by atoms with van der Waals surface area (Å²) in [4.78, 5) is 30.8. The molecule has 2 aliphatic rings. The third-order valence-electron chi connectivity index (χ3n) is 5.63. The van der Waals surface area contributed by atoms with Crippen molar-refractivity contribution in [2.24, 2.45) is 0 Å². The SMILES string of the molecule is Cc1ccccc1CCNC(=O)CN1CCN(CC(=O)N2CCCC2)CC1. The maximum absolute atomic E-state index is 12.2. The van der Waals surface area contributed by atoms with Gasteiger partial charge >= 0.3 is 0 Å². The number of nitrogens with zero attached hydrogens (tertiary/aromatic N) is 3. The Labute approximate surface area is 162 Å². The van der Waals surface area contributed by atoms with Crippen molar-refractivity contribution in [3.05, 3.63) is 35.4 Å². The predicted octanol–water partition coefficient (Wildman–Crippen LogP) is 0.894. The lowest BCUT2D eigenvalue weighted by atomic mass is 10.1. The normalized spacial score (nSPS) is 18.6. The average Bonchev–Trinajstić information content (AvgIpc) is 3.20. The summed E-state index contributed by atoms with van der Waals surface area (Å²) < 4.78 is 0. The van der Waals surface area contributed by atoms with E-state index in [4.69, 9.17) is 0 Å². The summed E-state index contributed by atoms with van der Waals surface area (Å²) in [6.45, 7) is 8.99. The van der Waals surface area contributed by atoms with Crippen molar-refractivity contribution < 1.29 is 9.59 Å². The number of hydrogen-bond donors (Lipinski definition) is 1. The number of nitrogens with one attached hydrogen (secondary N) is 1. The van der Waals surface area contributed by atoms with E-state index in [1.807, 2.05) is 17.0 Å². The lowest BCUT2D eigenvalue weighted by Gasteiger charge is -2.34. The number of amides is 2. The van der Waals surface area contributed by atoms with Crippen LogP contribution in [0.5, 0.6) is 0 Å². The molecule has 2 heterocycles. The molecule has 0 unspecified atom stereocenters. The predicted molar refractivity (Wildman–Crippen MR) is 107 cm³/mol. The van der Waals surface area contributed by atoms with E-state index in [1.54, 1.807) is 0 Å². The molecule has 1 N–H and O–H groups in total. The molecule has 6 nitrogen and oxygen atoms in total. The summed E-state index contributed by atoms with van der Waals surface area (Å²) in [6.07, 6.45) is 3.14. The highest BCUT2D eigenvalue weighted by Crippen LogP contribution is 2.09. The second kappa shape index (κ2) is 9.85. The van der Waals surface area contributed by atoms with Crippen molar-refractivity contribution in [3.8, 4) is 0 Å². The van der Waals surface area contributed by atoms with Crippen LogP contribution >= 0.6 is 0 Å². The number of likely N-dealkylation sites (tertiary alicyclic amines) is 1. The van der Waals surface area contributed by atoms with Crippen LogP contribution in [0.4, 0.5) is 0 Å². The number of benzene rings is 1. The van der Waals surface area contributed by atoms with Crippen molar-refractivity contribution in [3.63, 3.8) is 0 Å². The van der Waals surface area contributed by atoms with Crippen molar-refractivity contribution in [1.29, 1.82) is 0 Å². The van der Waals surface area contributed by atoms with Gasteiger partial charge in [0.1, 0.15) is 0 Å². The lowest BCUT2D eigenvalue weighted by molar-refractivity contribution is -0.132. The number of carbonyl (C=O) groups excluding carboxylic acids is 2. The Balaban J connectivity index is 1.31. The van der Waals surface area contributed by atoms with Crippen LogP contribution in [0.3, 0.4) is 0 Å². The highest BCUT2D eigenvalue weighted by atomic mass is 16.2. The smallest absolute Gasteiger partial charge is 0.236 e. The van der Waals surface area contributed by atoms with Gasteiger partial charge in [-0.1, -0.05) is 24.3 Å².